The van der Waals surface area contributed by atoms with Crippen LogP contribution in [0.2, 0.25) is 0 Å². The number of aromatic nitrogens is 1. The van der Waals surface area contributed by atoms with Crippen molar-refractivity contribution in [1.29, 1.82) is 5.26 Å². The molecule has 0 N–H and O–H groups in total. The predicted molar refractivity (Wildman–Crippen MR) is 159 cm³/mol. The Labute approximate surface area is 263 Å². The van der Waals surface area contributed by atoms with Crippen LogP contribution in [0.4, 0.5) is 29.3 Å². The Bertz CT molecular complexity index is 1580. The molecule has 2 amide bonds. The van der Waals surface area contributed by atoms with E-state index in [0.717, 1.165) is 23.9 Å². The first-order valence-electron chi connectivity index (χ1n) is 14.7. The lowest BCUT2D eigenvalue weighted by Crippen LogP contribution is -2.62. The van der Waals surface area contributed by atoms with Gasteiger partial charge in [0.05, 0.1) is 17.4 Å². The number of ether oxygens (including phenoxy) is 2. The van der Waals surface area contributed by atoms with Crippen LogP contribution in [0.1, 0.15) is 70.6 Å². The van der Waals surface area contributed by atoms with Gasteiger partial charge in [-0.2, -0.15) is 18.4 Å². The molecule has 1 aromatic carbocycles. The number of benzene rings is 1. The van der Waals surface area contributed by atoms with Crippen LogP contribution in [0.5, 0.6) is 5.75 Å². The Kier molecular flexibility index (Phi) is 7.46. The Morgan fingerprint density at radius 3 is 2.24 bits per heavy atom. The molecule has 6 rings (SSSR count). The SMILES string of the molecule is CC(C)(C)OC(=O)N1C2CCC1CC(Oc1ccc(N3C(S)N(c4cnc(C#N)c(C(F)(F)F)c4)C(=O)C34CCC4=O)cc1)C2. The summed E-state index contributed by atoms with van der Waals surface area (Å²) in [5.41, 5.74) is -5.19. The van der Waals surface area contributed by atoms with Crippen molar-refractivity contribution in [1.82, 2.24) is 9.88 Å². The molecule has 1 saturated carbocycles. The molecular weight excluding hydrogens is 611 g/mol. The van der Waals surface area contributed by atoms with E-state index in [0.29, 0.717) is 30.3 Å². The number of amides is 2. The highest BCUT2D eigenvalue weighted by Gasteiger charge is 2.66. The fourth-order valence-corrected chi connectivity index (χ4v) is 7.44. The first-order valence-corrected chi connectivity index (χ1v) is 15.3. The maximum Gasteiger partial charge on any atom is 0.419 e. The summed E-state index contributed by atoms with van der Waals surface area (Å²) in [5, 5.41) is 9.13. The molecule has 10 nitrogen and oxygen atoms in total. The van der Waals surface area contributed by atoms with Gasteiger partial charge < -0.3 is 19.3 Å². The summed E-state index contributed by atoms with van der Waals surface area (Å²) in [6.45, 7) is 5.53. The largest absolute Gasteiger partial charge is 0.490 e. The quantitative estimate of drug-likeness (QED) is 0.346. The number of anilines is 2. The van der Waals surface area contributed by atoms with Crippen LogP contribution >= 0.6 is 12.6 Å². The Morgan fingerprint density at radius 2 is 1.73 bits per heavy atom. The van der Waals surface area contributed by atoms with E-state index in [2.05, 4.69) is 17.6 Å². The summed E-state index contributed by atoms with van der Waals surface area (Å²) < 4.78 is 53.0. The fraction of sp³-hybridized carbons (Fsp3) is 0.516. The van der Waals surface area contributed by atoms with Crippen LogP contribution in [-0.2, 0) is 20.5 Å². The number of fused-ring (bicyclic) bond motifs is 2. The second-order valence-corrected chi connectivity index (χ2v) is 13.3. The molecule has 0 radical (unpaired) electrons. The third-order valence-corrected chi connectivity index (χ3v) is 9.36. The molecule has 1 aliphatic carbocycles. The number of nitriles is 1. The molecule has 3 aliphatic heterocycles. The fourth-order valence-electron chi connectivity index (χ4n) is 6.87. The topological polar surface area (TPSA) is 116 Å². The maximum atomic E-state index is 13.8. The number of pyridine rings is 1. The molecule has 2 bridgehead atoms. The average Bonchev–Trinajstić information content (AvgIpc) is 3.38. The highest BCUT2D eigenvalue weighted by atomic mass is 32.1. The third kappa shape index (κ3) is 5.24. The first kappa shape index (κ1) is 31.0. The van der Waals surface area contributed by atoms with E-state index in [1.54, 1.807) is 24.3 Å². The van der Waals surface area contributed by atoms with Crippen molar-refractivity contribution in [3.8, 4) is 11.8 Å². The molecule has 4 unspecified atom stereocenters. The number of hydrogen-bond acceptors (Lipinski definition) is 9. The van der Waals surface area contributed by atoms with E-state index in [1.165, 1.54) is 11.0 Å². The zero-order chi connectivity index (χ0) is 32.5. The molecule has 1 spiro atoms. The number of thiol groups is 1. The smallest absolute Gasteiger partial charge is 0.419 e. The predicted octanol–water partition coefficient (Wildman–Crippen LogP) is 5.45. The van der Waals surface area contributed by atoms with Crippen LogP contribution in [-0.4, -0.2) is 62.5 Å². The monoisotopic (exact) mass is 643 g/mol. The van der Waals surface area contributed by atoms with Crippen molar-refractivity contribution in [3.05, 3.63) is 47.8 Å². The number of ketones is 1. The van der Waals surface area contributed by atoms with Gasteiger partial charge in [-0.1, -0.05) is 0 Å². The summed E-state index contributed by atoms with van der Waals surface area (Å²) in [7, 11) is 0. The number of nitrogens with zero attached hydrogens (tertiary/aromatic N) is 5. The highest BCUT2D eigenvalue weighted by Crippen LogP contribution is 2.49. The van der Waals surface area contributed by atoms with Crippen LogP contribution in [0.3, 0.4) is 0 Å². The van der Waals surface area contributed by atoms with Crippen LogP contribution in [0, 0.1) is 11.3 Å². The van der Waals surface area contributed by atoms with E-state index in [-0.39, 0.29) is 48.6 Å². The minimum absolute atomic E-state index is 0.0217. The maximum absolute atomic E-state index is 13.8. The Morgan fingerprint density at radius 1 is 1.09 bits per heavy atom. The lowest BCUT2D eigenvalue weighted by Gasteiger charge is -2.43. The molecule has 4 fully saturated rings. The van der Waals surface area contributed by atoms with Crippen LogP contribution < -0.4 is 14.5 Å². The number of Topliss-reactive ketones (excluding diaryl/α,β-unsaturated/α-hetero) is 1. The van der Waals surface area contributed by atoms with E-state index in [4.69, 9.17) is 14.7 Å². The van der Waals surface area contributed by atoms with Crippen molar-refractivity contribution in [2.45, 2.75) is 100 Å². The number of carbonyl (C=O) groups excluding carboxylic acids is 3. The molecule has 238 valence electrons. The van der Waals surface area contributed by atoms with E-state index in [9.17, 15) is 27.6 Å². The number of halogens is 3. The summed E-state index contributed by atoms with van der Waals surface area (Å²) in [6.07, 6.45) is -0.931. The van der Waals surface area contributed by atoms with Crippen LogP contribution in [0.15, 0.2) is 36.5 Å². The first-order chi connectivity index (χ1) is 21.1. The van der Waals surface area contributed by atoms with Gasteiger partial charge in [0.25, 0.3) is 5.91 Å². The molecule has 4 heterocycles. The third-order valence-electron chi connectivity index (χ3n) is 8.90. The molecular formula is C31H32F3N5O5S. The summed E-state index contributed by atoms with van der Waals surface area (Å²) in [5.74, 6) is -0.503. The van der Waals surface area contributed by atoms with Gasteiger partial charge in [-0.15, -0.1) is 12.6 Å². The van der Waals surface area contributed by atoms with Crippen molar-refractivity contribution >= 4 is 41.8 Å². The Hall–Kier alpha value is -3.99. The number of alkyl halides is 3. The van der Waals surface area contributed by atoms with Crippen LogP contribution in [0.25, 0.3) is 0 Å². The van der Waals surface area contributed by atoms with Crippen molar-refractivity contribution in [3.63, 3.8) is 0 Å². The number of hydrogen-bond donors (Lipinski definition) is 1. The summed E-state index contributed by atoms with van der Waals surface area (Å²) in [6, 6.07) is 8.96. The molecule has 45 heavy (non-hydrogen) atoms. The van der Waals surface area contributed by atoms with Gasteiger partial charge >= 0.3 is 12.3 Å². The standard InChI is InChI=1S/C31H32F3N5O5S/c1-29(2,3)44-28(42)37-18-4-5-19(37)13-22(12-18)43-21-8-6-17(7-9-21)39-27(45)38(26(41)30(39)11-10-25(30)40)20-14-23(31(32,33)34)24(15-35)36-16-20/h6-9,14,16,18-19,22,27,45H,4-5,10-13H2,1-3H3. The molecule has 4 atom stereocenters. The molecule has 14 heteroatoms. The van der Waals surface area contributed by atoms with Gasteiger partial charge in [0.2, 0.25) is 0 Å². The second kappa shape index (κ2) is 10.8. The van der Waals surface area contributed by atoms with E-state index < -0.39 is 40.0 Å². The van der Waals surface area contributed by atoms with Gasteiger partial charge in [-0.25, -0.2) is 9.78 Å². The lowest BCUT2D eigenvalue weighted by atomic mass is 9.73. The van der Waals surface area contributed by atoms with Gasteiger partial charge in [-0.05, 0) is 70.4 Å². The minimum Gasteiger partial charge on any atom is -0.490 e. The van der Waals surface area contributed by atoms with Gasteiger partial charge in [-0.3, -0.25) is 14.5 Å². The summed E-state index contributed by atoms with van der Waals surface area (Å²) >= 11 is 4.60. The zero-order valence-electron chi connectivity index (χ0n) is 24.9. The van der Waals surface area contributed by atoms with Crippen molar-refractivity contribution < 1.29 is 37.0 Å². The molecule has 4 aliphatic rings. The lowest BCUT2D eigenvalue weighted by molar-refractivity contribution is -0.140. The van der Waals surface area contributed by atoms with Gasteiger partial charge in [0.15, 0.2) is 22.5 Å². The van der Waals surface area contributed by atoms with E-state index in [1.807, 2.05) is 25.7 Å². The molecule has 3 saturated heterocycles. The zero-order valence-corrected chi connectivity index (χ0v) is 25.8. The number of piperidine rings is 1. The number of rotatable bonds is 4. The number of carbonyl (C=O) groups is 3. The highest BCUT2D eigenvalue weighted by molar-refractivity contribution is 7.81. The van der Waals surface area contributed by atoms with Crippen molar-refractivity contribution in [2.75, 3.05) is 9.80 Å². The molecule has 2 aromatic rings. The second-order valence-electron chi connectivity index (χ2n) is 12.9. The van der Waals surface area contributed by atoms with Gasteiger partial charge in [0.1, 0.15) is 23.5 Å². The normalized spacial score (nSPS) is 27.9. The van der Waals surface area contributed by atoms with Gasteiger partial charge in [0, 0.05) is 37.0 Å². The van der Waals surface area contributed by atoms with E-state index >= 15 is 0 Å². The average molecular weight is 644 g/mol. The molecule has 1 aromatic heterocycles. The minimum atomic E-state index is -4.88. The van der Waals surface area contributed by atoms with Crippen molar-refractivity contribution in [2.24, 2.45) is 0 Å². The summed E-state index contributed by atoms with van der Waals surface area (Å²) in [4.78, 5) is 47.6. The Balaban J connectivity index is 1.21.